The highest BCUT2D eigenvalue weighted by atomic mass is 16.5. The molecule has 0 saturated heterocycles. The molecule has 3 rings (SSSR count). The minimum absolute atomic E-state index is 0.0492. The van der Waals surface area contributed by atoms with Crippen molar-refractivity contribution in [2.24, 2.45) is 11.8 Å². The number of rotatable bonds is 3. The standard InChI is InChI=1S/C24H32N2O5/c1-16-5-4-7-22(29)31-14-3-2-6-21(28)25-20(15-17-8-12-19(27)13-9-17)24(30)26-23(16)18-10-11-18/h4-5,8-9,12-13,16,18,20,23,27H,2-3,6-7,10-11,14-15H2,1H3,(H,25,28)(H,26,30)/b5-4+/t16-,20+,23+/m1/s1. The summed E-state index contributed by atoms with van der Waals surface area (Å²) in [5.74, 6) is -0.0636. The van der Waals surface area contributed by atoms with E-state index in [1.165, 1.54) is 0 Å². The zero-order valence-electron chi connectivity index (χ0n) is 18.0. The van der Waals surface area contributed by atoms with E-state index in [0.717, 1.165) is 18.4 Å². The first-order valence-electron chi connectivity index (χ1n) is 11.1. The van der Waals surface area contributed by atoms with Crippen LogP contribution in [0.4, 0.5) is 0 Å². The van der Waals surface area contributed by atoms with Crippen molar-refractivity contribution in [3.05, 3.63) is 42.0 Å². The summed E-state index contributed by atoms with van der Waals surface area (Å²) in [5.41, 5.74) is 0.857. The van der Waals surface area contributed by atoms with Crippen molar-refractivity contribution in [1.29, 1.82) is 0 Å². The van der Waals surface area contributed by atoms with Crippen molar-refractivity contribution < 1.29 is 24.2 Å². The number of cyclic esters (lactones) is 1. The van der Waals surface area contributed by atoms with Crippen molar-refractivity contribution >= 4 is 17.8 Å². The Morgan fingerprint density at radius 1 is 1.06 bits per heavy atom. The minimum atomic E-state index is -0.694. The Kier molecular flexibility index (Phi) is 8.09. The number of esters is 1. The molecule has 0 radical (unpaired) electrons. The molecule has 0 aromatic heterocycles. The van der Waals surface area contributed by atoms with Crippen LogP contribution in [-0.2, 0) is 25.5 Å². The zero-order chi connectivity index (χ0) is 22.2. The van der Waals surface area contributed by atoms with Crippen LogP contribution in [0.25, 0.3) is 0 Å². The van der Waals surface area contributed by atoms with E-state index in [4.69, 9.17) is 4.74 Å². The average Bonchev–Trinajstić information content (AvgIpc) is 3.57. The third-order valence-corrected chi connectivity index (χ3v) is 5.82. The van der Waals surface area contributed by atoms with Crippen molar-refractivity contribution in [2.75, 3.05) is 6.61 Å². The van der Waals surface area contributed by atoms with Gasteiger partial charge in [-0.25, -0.2) is 0 Å². The van der Waals surface area contributed by atoms with E-state index in [2.05, 4.69) is 10.6 Å². The van der Waals surface area contributed by atoms with Gasteiger partial charge in [0, 0.05) is 18.9 Å². The molecule has 1 aromatic carbocycles. The summed E-state index contributed by atoms with van der Waals surface area (Å²) in [7, 11) is 0. The highest BCUT2D eigenvalue weighted by Gasteiger charge is 2.36. The van der Waals surface area contributed by atoms with Crippen LogP contribution in [0.3, 0.4) is 0 Å². The fraction of sp³-hybridized carbons (Fsp3) is 0.542. The van der Waals surface area contributed by atoms with E-state index in [0.29, 0.717) is 25.2 Å². The molecule has 1 fully saturated rings. The summed E-state index contributed by atoms with van der Waals surface area (Å²) in [6.45, 7) is 2.32. The second kappa shape index (κ2) is 11.0. The zero-order valence-corrected chi connectivity index (χ0v) is 18.0. The lowest BCUT2D eigenvalue weighted by Gasteiger charge is -2.27. The molecule has 1 aliphatic heterocycles. The fourth-order valence-electron chi connectivity index (χ4n) is 3.87. The lowest BCUT2D eigenvalue weighted by molar-refractivity contribution is -0.142. The van der Waals surface area contributed by atoms with Gasteiger partial charge in [0.05, 0.1) is 13.0 Å². The van der Waals surface area contributed by atoms with E-state index in [1.54, 1.807) is 24.3 Å². The van der Waals surface area contributed by atoms with Crippen LogP contribution < -0.4 is 10.6 Å². The van der Waals surface area contributed by atoms with Crippen molar-refractivity contribution in [3.8, 4) is 5.75 Å². The predicted molar refractivity (Wildman–Crippen MR) is 116 cm³/mol. The van der Waals surface area contributed by atoms with E-state index in [1.807, 2.05) is 19.1 Å². The molecule has 1 aliphatic carbocycles. The Morgan fingerprint density at radius 3 is 2.52 bits per heavy atom. The Bertz CT molecular complexity index is 801. The molecule has 168 valence electrons. The molecular weight excluding hydrogens is 396 g/mol. The van der Waals surface area contributed by atoms with Crippen LogP contribution in [0.2, 0.25) is 0 Å². The van der Waals surface area contributed by atoms with Gasteiger partial charge < -0.3 is 20.5 Å². The van der Waals surface area contributed by atoms with Gasteiger partial charge in [-0.2, -0.15) is 0 Å². The topological polar surface area (TPSA) is 105 Å². The summed E-state index contributed by atoms with van der Waals surface area (Å²) in [6.07, 6.45) is 7.87. The van der Waals surface area contributed by atoms with Crippen LogP contribution in [0.5, 0.6) is 5.75 Å². The maximum atomic E-state index is 13.2. The monoisotopic (exact) mass is 428 g/mol. The highest BCUT2D eigenvalue weighted by molar-refractivity contribution is 5.88. The number of hydrogen-bond acceptors (Lipinski definition) is 5. The number of hydrogen-bond donors (Lipinski definition) is 3. The molecule has 7 nitrogen and oxygen atoms in total. The molecule has 3 N–H and O–H groups in total. The predicted octanol–water partition coefficient (Wildman–Crippen LogP) is 2.62. The molecule has 7 heteroatoms. The molecule has 1 aromatic rings. The normalized spacial score (nSPS) is 27.6. The lowest BCUT2D eigenvalue weighted by atomic mass is 9.95. The molecule has 2 amide bonds. The lowest BCUT2D eigenvalue weighted by Crippen LogP contribution is -2.52. The Morgan fingerprint density at radius 2 is 1.81 bits per heavy atom. The van der Waals surface area contributed by atoms with Gasteiger partial charge >= 0.3 is 5.97 Å². The first-order chi connectivity index (χ1) is 14.9. The molecular formula is C24H32N2O5. The molecule has 31 heavy (non-hydrogen) atoms. The van der Waals surface area contributed by atoms with Gasteiger partial charge in [0.25, 0.3) is 0 Å². The van der Waals surface area contributed by atoms with Crippen molar-refractivity contribution in [3.63, 3.8) is 0 Å². The third kappa shape index (κ3) is 7.42. The van der Waals surface area contributed by atoms with Crippen LogP contribution in [0, 0.1) is 11.8 Å². The summed E-state index contributed by atoms with van der Waals surface area (Å²) in [6, 6.07) is 5.92. The largest absolute Gasteiger partial charge is 0.508 e. The number of amides is 2. The summed E-state index contributed by atoms with van der Waals surface area (Å²) in [5, 5.41) is 15.5. The van der Waals surface area contributed by atoms with Crippen molar-refractivity contribution in [2.45, 2.75) is 64.0 Å². The number of carbonyl (C=O) groups excluding carboxylic acids is 3. The van der Waals surface area contributed by atoms with Crippen molar-refractivity contribution in [1.82, 2.24) is 10.6 Å². The van der Waals surface area contributed by atoms with Gasteiger partial charge in [-0.15, -0.1) is 0 Å². The van der Waals surface area contributed by atoms with Gasteiger partial charge in [0.1, 0.15) is 11.8 Å². The number of nitrogens with one attached hydrogen (secondary N) is 2. The molecule has 0 bridgehead atoms. The van der Waals surface area contributed by atoms with Gasteiger partial charge in [-0.05, 0) is 55.2 Å². The molecule has 0 unspecified atom stereocenters. The molecule has 1 saturated carbocycles. The third-order valence-electron chi connectivity index (χ3n) is 5.82. The van der Waals surface area contributed by atoms with Gasteiger partial charge in [-0.3, -0.25) is 14.4 Å². The average molecular weight is 429 g/mol. The smallest absolute Gasteiger partial charge is 0.309 e. The number of phenols is 1. The van der Waals surface area contributed by atoms with Gasteiger partial charge in [0.15, 0.2) is 0 Å². The first-order valence-corrected chi connectivity index (χ1v) is 11.1. The van der Waals surface area contributed by atoms with E-state index < -0.39 is 6.04 Å². The van der Waals surface area contributed by atoms with Crippen LogP contribution in [0.15, 0.2) is 36.4 Å². The maximum absolute atomic E-state index is 13.2. The Balaban J connectivity index is 1.76. The van der Waals surface area contributed by atoms with E-state index in [-0.39, 0.29) is 54.9 Å². The second-order valence-corrected chi connectivity index (χ2v) is 8.53. The number of carbonyl (C=O) groups is 3. The number of benzene rings is 1. The Labute approximate surface area is 183 Å². The number of phenolic OH excluding ortho intramolecular Hbond substituents is 1. The van der Waals surface area contributed by atoms with Gasteiger partial charge in [-0.1, -0.05) is 31.2 Å². The highest BCUT2D eigenvalue weighted by Crippen LogP contribution is 2.36. The van der Waals surface area contributed by atoms with Gasteiger partial charge in [0.2, 0.25) is 11.8 Å². The summed E-state index contributed by atoms with van der Waals surface area (Å²) < 4.78 is 5.21. The maximum Gasteiger partial charge on any atom is 0.309 e. The van der Waals surface area contributed by atoms with E-state index in [9.17, 15) is 19.5 Å². The molecule has 3 atom stereocenters. The molecule has 0 spiro atoms. The van der Waals surface area contributed by atoms with E-state index >= 15 is 0 Å². The Hall–Kier alpha value is -2.83. The van der Waals surface area contributed by atoms with Crippen LogP contribution >= 0.6 is 0 Å². The fourth-order valence-corrected chi connectivity index (χ4v) is 3.87. The molecule has 2 aliphatic rings. The second-order valence-electron chi connectivity index (χ2n) is 8.53. The summed E-state index contributed by atoms with van der Waals surface area (Å²) in [4.78, 5) is 37.5. The quantitative estimate of drug-likeness (QED) is 0.507. The van der Waals surface area contributed by atoms with Crippen LogP contribution in [-0.4, -0.2) is 41.6 Å². The number of ether oxygens (including phenoxy) is 1. The SMILES string of the molecule is C[C@@H]1/C=C/CC(=O)OCCCCC(=O)N[C@@H](Cc2ccc(O)cc2)C(=O)N[C@@H]1C1CC1. The minimum Gasteiger partial charge on any atom is -0.508 e. The summed E-state index contributed by atoms with van der Waals surface area (Å²) >= 11 is 0. The molecule has 1 heterocycles. The van der Waals surface area contributed by atoms with Crippen LogP contribution in [0.1, 0.15) is 51.0 Å². The first kappa shape index (κ1) is 22.8. The number of aromatic hydroxyl groups is 1.